The molecule has 2 aliphatic heterocycles. The number of hydrogen-bond donors (Lipinski definition) is 0. The lowest BCUT2D eigenvalue weighted by Gasteiger charge is -2.24. The van der Waals surface area contributed by atoms with Crippen molar-refractivity contribution in [1.82, 2.24) is 0 Å². The maximum atomic E-state index is 6.19. The van der Waals surface area contributed by atoms with E-state index in [2.05, 4.69) is 19.1 Å². The van der Waals surface area contributed by atoms with Gasteiger partial charge in [0.15, 0.2) is 12.1 Å². The Bertz CT molecular complexity index is 580. The molecule has 25 heavy (non-hydrogen) atoms. The molecule has 0 amide bonds. The van der Waals surface area contributed by atoms with Gasteiger partial charge in [-0.25, -0.2) is 0 Å². The Labute approximate surface area is 149 Å². The molecule has 0 bridgehead atoms. The number of hydrogen-bond acceptors (Lipinski definition) is 5. The van der Waals surface area contributed by atoms with E-state index in [0.29, 0.717) is 6.61 Å². The number of unbranched alkanes of at least 4 members (excludes halogenated alkanes) is 1. The maximum Gasteiger partial charge on any atom is 0.190 e. The van der Waals surface area contributed by atoms with Crippen molar-refractivity contribution in [1.29, 1.82) is 0 Å². The Morgan fingerprint density at radius 3 is 2.60 bits per heavy atom. The van der Waals surface area contributed by atoms with Gasteiger partial charge < -0.3 is 23.7 Å². The van der Waals surface area contributed by atoms with Gasteiger partial charge >= 0.3 is 0 Å². The molecule has 138 valence electrons. The van der Waals surface area contributed by atoms with Gasteiger partial charge in [-0.1, -0.05) is 37.6 Å². The number of benzene rings is 1. The van der Waals surface area contributed by atoms with Crippen molar-refractivity contribution < 1.29 is 23.7 Å². The molecule has 0 spiro atoms. The van der Waals surface area contributed by atoms with Crippen LogP contribution >= 0.6 is 0 Å². The Kier molecular flexibility index (Phi) is 5.79. The van der Waals surface area contributed by atoms with Gasteiger partial charge in [0, 0.05) is 0 Å². The topological polar surface area (TPSA) is 46.2 Å². The van der Waals surface area contributed by atoms with E-state index in [1.54, 1.807) is 7.11 Å². The quantitative estimate of drug-likeness (QED) is 0.701. The fourth-order valence-corrected chi connectivity index (χ4v) is 3.16. The zero-order valence-corrected chi connectivity index (χ0v) is 15.4. The van der Waals surface area contributed by atoms with Crippen LogP contribution in [-0.4, -0.2) is 37.5 Å². The summed E-state index contributed by atoms with van der Waals surface area (Å²) >= 11 is 0. The van der Waals surface area contributed by atoms with E-state index in [9.17, 15) is 0 Å². The van der Waals surface area contributed by atoms with Crippen LogP contribution in [0.5, 0.6) is 5.75 Å². The van der Waals surface area contributed by atoms with Crippen LogP contribution < -0.4 is 4.74 Å². The Hall–Kier alpha value is -1.40. The summed E-state index contributed by atoms with van der Waals surface area (Å²) in [6, 6.07) is 7.88. The van der Waals surface area contributed by atoms with Crippen LogP contribution in [0.2, 0.25) is 0 Å². The molecule has 1 aromatic carbocycles. The molecule has 0 aromatic heterocycles. The van der Waals surface area contributed by atoms with E-state index in [1.807, 2.05) is 38.1 Å². The first-order chi connectivity index (χ1) is 12.0. The molecule has 0 aliphatic carbocycles. The highest BCUT2D eigenvalue weighted by molar-refractivity contribution is 5.26. The second-order valence-electron chi connectivity index (χ2n) is 6.91. The fraction of sp³-hybridized carbons (Fsp3) is 0.600. The van der Waals surface area contributed by atoms with Crippen molar-refractivity contribution in [3.05, 3.63) is 42.0 Å². The van der Waals surface area contributed by atoms with E-state index in [-0.39, 0.29) is 24.6 Å². The first kappa shape index (κ1) is 18.4. The summed E-state index contributed by atoms with van der Waals surface area (Å²) in [5, 5.41) is 0. The van der Waals surface area contributed by atoms with Crippen LogP contribution in [0.1, 0.15) is 39.2 Å². The predicted molar refractivity (Wildman–Crippen MR) is 94.3 cm³/mol. The average molecular weight is 348 g/mol. The lowest BCUT2D eigenvalue weighted by molar-refractivity contribution is -0.213. The molecular weight excluding hydrogens is 320 g/mol. The molecule has 0 unspecified atom stereocenters. The third-order valence-corrected chi connectivity index (χ3v) is 4.41. The summed E-state index contributed by atoms with van der Waals surface area (Å²) in [4.78, 5) is 0. The molecule has 4 atom stereocenters. The molecule has 0 N–H and O–H groups in total. The summed E-state index contributed by atoms with van der Waals surface area (Å²) in [6.07, 6.45) is 5.39. The lowest BCUT2D eigenvalue weighted by atomic mass is 10.1. The molecule has 2 saturated heterocycles. The summed E-state index contributed by atoms with van der Waals surface area (Å²) in [5.74, 6) is 0.192. The third kappa shape index (κ3) is 4.42. The number of ether oxygens (including phenoxy) is 5. The number of methoxy groups -OCH3 is 1. The van der Waals surface area contributed by atoms with E-state index in [1.165, 1.54) is 0 Å². The highest BCUT2D eigenvalue weighted by Crippen LogP contribution is 2.39. The molecule has 1 aromatic rings. The second-order valence-corrected chi connectivity index (χ2v) is 6.91. The maximum absolute atomic E-state index is 6.19. The zero-order valence-electron chi connectivity index (χ0n) is 15.4. The first-order valence-corrected chi connectivity index (χ1v) is 8.94. The normalized spacial score (nSPS) is 30.7. The smallest absolute Gasteiger partial charge is 0.190 e. The van der Waals surface area contributed by atoms with Gasteiger partial charge in [-0.15, -0.1) is 0 Å². The van der Waals surface area contributed by atoms with Crippen LogP contribution in [0.3, 0.4) is 0 Å². The molecule has 2 heterocycles. The van der Waals surface area contributed by atoms with Gasteiger partial charge in [-0.05, 0) is 38.0 Å². The molecular formula is C20H28O5. The third-order valence-electron chi connectivity index (χ3n) is 4.41. The Balaban J connectivity index is 1.67. The number of allylic oxidation sites excluding steroid dienone is 1. The van der Waals surface area contributed by atoms with Crippen LogP contribution in [0.4, 0.5) is 0 Å². The molecule has 0 saturated carbocycles. The van der Waals surface area contributed by atoms with Gasteiger partial charge in [0.2, 0.25) is 0 Å². The van der Waals surface area contributed by atoms with Crippen molar-refractivity contribution in [2.75, 3.05) is 7.11 Å². The first-order valence-electron chi connectivity index (χ1n) is 8.94. The molecule has 0 radical (unpaired) electrons. The highest BCUT2D eigenvalue weighted by atomic mass is 16.8. The number of fused-ring (bicyclic) bond motifs is 1. The van der Waals surface area contributed by atoms with Crippen molar-refractivity contribution in [2.45, 2.75) is 70.6 Å². The van der Waals surface area contributed by atoms with Crippen LogP contribution in [0, 0.1) is 0 Å². The minimum atomic E-state index is -0.644. The predicted octanol–water partition coefficient (Wildman–Crippen LogP) is 3.81. The van der Waals surface area contributed by atoms with Crippen LogP contribution in [-0.2, 0) is 25.6 Å². The van der Waals surface area contributed by atoms with Crippen molar-refractivity contribution >= 4 is 0 Å². The Morgan fingerprint density at radius 2 is 1.92 bits per heavy atom. The summed E-state index contributed by atoms with van der Waals surface area (Å²) in [6.45, 7) is 6.44. The Morgan fingerprint density at radius 1 is 1.16 bits per heavy atom. The number of rotatable bonds is 7. The average Bonchev–Trinajstić information content (AvgIpc) is 3.05. The molecule has 5 nitrogen and oxygen atoms in total. The fourth-order valence-electron chi connectivity index (χ4n) is 3.16. The van der Waals surface area contributed by atoms with E-state index in [4.69, 9.17) is 23.7 Å². The van der Waals surface area contributed by atoms with Gasteiger partial charge in [0.25, 0.3) is 0 Å². The SMILES string of the molecule is CCC/C=C/[C@H]1O[C@@H]2OC(C)(C)O[C@@H]2[C@H]1OCc1ccc(OC)cc1. The molecule has 3 rings (SSSR count). The zero-order chi connectivity index (χ0) is 17.9. The van der Waals surface area contributed by atoms with E-state index < -0.39 is 5.79 Å². The largest absolute Gasteiger partial charge is 0.497 e. The van der Waals surface area contributed by atoms with Crippen molar-refractivity contribution in [2.24, 2.45) is 0 Å². The van der Waals surface area contributed by atoms with Gasteiger partial charge in [-0.2, -0.15) is 0 Å². The minimum Gasteiger partial charge on any atom is -0.497 e. The van der Waals surface area contributed by atoms with E-state index >= 15 is 0 Å². The molecule has 5 heteroatoms. The summed E-state index contributed by atoms with van der Waals surface area (Å²) < 4.78 is 29.3. The minimum absolute atomic E-state index is 0.157. The molecule has 2 aliphatic rings. The molecule has 2 fully saturated rings. The second kappa shape index (κ2) is 7.87. The van der Waals surface area contributed by atoms with Crippen molar-refractivity contribution in [3.63, 3.8) is 0 Å². The van der Waals surface area contributed by atoms with E-state index in [0.717, 1.165) is 24.2 Å². The standard InChI is InChI=1S/C20H28O5/c1-5-6-7-8-16-17(18-19(23-16)25-20(2,3)24-18)22-13-14-9-11-15(21-4)12-10-14/h7-12,16-19H,5-6,13H2,1-4H3/b8-7+/t16-,17+,18-,19-/m1/s1. The lowest BCUT2D eigenvalue weighted by Crippen LogP contribution is -2.36. The van der Waals surface area contributed by atoms with Crippen molar-refractivity contribution in [3.8, 4) is 5.75 Å². The van der Waals surface area contributed by atoms with Crippen LogP contribution in [0.15, 0.2) is 36.4 Å². The summed E-state index contributed by atoms with van der Waals surface area (Å²) in [5.41, 5.74) is 1.08. The van der Waals surface area contributed by atoms with Gasteiger partial charge in [0.05, 0.1) is 13.7 Å². The summed E-state index contributed by atoms with van der Waals surface area (Å²) in [7, 11) is 1.66. The highest BCUT2D eigenvalue weighted by Gasteiger charge is 2.54. The van der Waals surface area contributed by atoms with Gasteiger partial charge in [0.1, 0.15) is 24.1 Å². The van der Waals surface area contributed by atoms with Gasteiger partial charge in [-0.3, -0.25) is 0 Å². The van der Waals surface area contributed by atoms with Crippen LogP contribution in [0.25, 0.3) is 0 Å². The monoisotopic (exact) mass is 348 g/mol.